The summed E-state index contributed by atoms with van der Waals surface area (Å²) in [6.45, 7) is 1.63. The van der Waals surface area contributed by atoms with Crippen LogP contribution in [0.15, 0.2) is 24.3 Å². The summed E-state index contributed by atoms with van der Waals surface area (Å²) in [6.07, 6.45) is -0.480. The van der Waals surface area contributed by atoms with E-state index in [2.05, 4.69) is 5.32 Å². The van der Waals surface area contributed by atoms with E-state index in [-0.39, 0.29) is 18.1 Å². The van der Waals surface area contributed by atoms with E-state index in [0.717, 1.165) is 6.54 Å². The molecular formula is C12H14N2O5. The minimum atomic E-state index is -0.490. The summed E-state index contributed by atoms with van der Waals surface area (Å²) >= 11 is 0. The molecule has 0 spiro atoms. The van der Waals surface area contributed by atoms with E-state index < -0.39 is 11.0 Å². The van der Waals surface area contributed by atoms with E-state index in [4.69, 9.17) is 9.47 Å². The van der Waals surface area contributed by atoms with Crippen LogP contribution in [0.5, 0.6) is 5.75 Å². The van der Waals surface area contributed by atoms with Crippen LogP contribution in [0, 0.1) is 10.1 Å². The Morgan fingerprint density at radius 3 is 2.79 bits per heavy atom. The highest BCUT2D eigenvalue weighted by molar-refractivity contribution is 5.84. The molecule has 0 bridgehead atoms. The van der Waals surface area contributed by atoms with Gasteiger partial charge in [-0.05, 0) is 12.1 Å². The number of ether oxygens (including phenoxy) is 2. The van der Waals surface area contributed by atoms with Crippen molar-refractivity contribution in [1.29, 1.82) is 0 Å². The van der Waals surface area contributed by atoms with Gasteiger partial charge in [-0.3, -0.25) is 14.9 Å². The fourth-order valence-corrected chi connectivity index (χ4v) is 1.68. The maximum atomic E-state index is 11.7. The minimum absolute atomic E-state index is 0.0153. The molecule has 0 radical (unpaired) electrons. The van der Waals surface area contributed by atoms with Crippen molar-refractivity contribution >= 4 is 11.5 Å². The number of hydrogen-bond acceptors (Lipinski definition) is 6. The van der Waals surface area contributed by atoms with E-state index in [9.17, 15) is 14.9 Å². The van der Waals surface area contributed by atoms with Gasteiger partial charge in [0.2, 0.25) is 0 Å². The van der Waals surface area contributed by atoms with Gasteiger partial charge in [-0.25, -0.2) is 0 Å². The number of carbonyl (C=O) groups is 1. The molecule has 7 heteroatoms. The van der Waals surface area contributed by atoms with Crippen molar-refractivity contribution in [2.75, 3.05) is 26.3 Å². The normalized spacial score (nSPS) is 18.8. The zero-order chi connectivity index (χ0) is 13.7. The van der Waals surface area contributed by atoms with Crippen LogP contribution in [0.4, 0.5) is 5.69 Å². The van der Waals surface area contributed by atoms with Gasteiger partial charge in [0.25, 0.3) is 5.69 Å². The van der Waals surface area contributed by atoms with Crippen LogP contribution < -0.4 is 10.1 Å². The third-order valence-electron chi connectivity index (χ3n) is 2.72. The highest BCUT2D eigenvalue weighted by Crippen LogP contribution is 2.17. The largest absolute Gasteiger partial charge is 0.486 e. The van der Waals surface area contributed by atoms with Crippen LogP contribution in [0.1, 0.15) is 0 Å². The fraction of sp³-hybridized carbons (Fsp3) is 0.417. The first-order valence-corrected chi connectivity index (χ1v) is 5.89. The lowest BCUT2D eigenvalue weighted by Gasteiger charge is -2.22. The number of nitro benzene ring substituents is 1. The highest BCUT2D eigenvalue weighted by Gasteiger charge is 2.21. The average Bonchev–Trinajstić information content (AvgIpc) is 2.46. The van der Waals surface area contributed by atoms with Gasteiger partial charge in [0.05, 0.1) is 11.5 Å². The molecule has 0 amide bonds. The van der Waals surface area contributed by atoms with Gasteiger partial charge in [0.15, 0.2) is 5.78 Å². The fourth-order valence-electron chi connectivity index (χ4n) is 1.68. The average molecular weight is 266 g/mol. The standard InChI is InChI=1S/C12H14N2O5/c15-11(12-7-13-5-6-18-12)8-19-10-3-1-9(2-4-10)14(16)17/h1-4,12-13H,5-8H2. The number of hydrogen-bond donors (Lipinski definition) is 1. The van der Waals surface area contributed by atoms with Crippen LogP contribution in [-0.4, -0.2) is 43.1 Å². The van der Waals surface area contributed by atoms with Crippen LogP contribution in [0.2, 0.25) is 0 Å². The van der Waals surface area contributed by atoms with Gasteiger partial charge in [0.1, 0.15) is 18.5 Å². The van der Waals surface area contributed by atoms with Crippen LogP contribution in [-0.2, 0) is 9.53 Å². The second kappa shape index (κ2) is 6.26. The maximum absolute atomic E-state index is 11.7. The first-order valence-electron chi connectivity index (χ1n) is 5.89. The molecule has 7 nitrogen and oxygen atoms in total. The number of ketones is 1. The first kappa shape index (κ1) is 13.4. The SMILES string of the molecule is O=C(COc1ccc([N+](=O)[O-])cc1)C1CNCCO1. The molecular weight excluding hydrogens is 252 g/mol. The van der Waals surface area contributed by atoms with Gasteiger partial charge in [-0.2, -0.15) is 0 Å². The maximum Gasteiger partial charge on any atom is 0.269 e. The minimum Gasteiger partial charge on any atom is -0.486 e. The third kappa shape index (κ3) is 3.73. The lowest BCUT2D eigenvalue weighted by Crippen LogP contribution is -2.44. The Morgan fingerprint density at radius 1 is 1.47 bits per heavy atom. The molecule has 1 atom stereocenters. The van der Waals surface area contributed by atoms with Gasteiger partial charge in [-0.15, -0.1) is 0 Å². The molecule has 102 valence electrons. The Balaban J connectivity index is 1.84. The molecule has 1 aromatic rings. The summed E-state index contributed by atoms with van der Waals surface area (Å²) in [6, 6.07) is 5.59. The molecule has 0 aromatic heterocycles. The Kier molecular flexibility index (Phi) is 4.43. The van der Waals surface area contributed by atoms with Crippen molar-refractivity contribution in [3.63, 3.8) is 0 Å². The quantitative estimate of drug-likeness (QED) is 0.617. The van der Waals surface area contributed by atoms with Crippen LogP contribution in [0.25, 0.3) is 0 Å². The number of non-ortho nitro benzene ring substituents is 1. The van der Waals surface area contributed by atoms with Crippen molar-refractivity contribution in [1.82, 2.24) is 5.32 Å². The Bertz CT molecular complexity index is 454. The lowest BCUT2D eigenvalue weighted by molar-refractivity contribution is -0.384. The summed E-state index contributed by atoms with van der Waals surface area (Å²) < 4.78 is 10.6. The monoisotopic (exact) mass is 266 g/mol. The number of nitro groups is 1. The highest BCUT2D eigenvalue weighted by atomic mass is 16.6. The molecule has 1 unspecified atom stereocenters. The molecule has 1 aromatic carbocycles. The van der Waals surface area contributed by atoms with Gasteiger partial charge < -0.3 is 14.8 Å². The van der Waals surface area contributed by atoms with Gasteiger partial charge in [0, 0.05) is 25.2 Å². The second-order valence-electron chi connectivity index (χ2n) is 4.07. The first-order chi connectivity index (χ1) is 9.16. The molecule has 19 heavy (non-hydrogen) atoms. The summed E-state index contributed by atoms with van der Waals surface area (Å²) in [5, 5.41) is 13.5. The van der Waals surface area contributed by atoms with Crippen LogP contribution in [0.3, 0.4) is 0 Å². The summed E-state index contributed by atoms with van der Waals surface area (Å²) in [5.74, 6) is 0.272. The number of nitrogens with zero attached hydrogens (tertiary/aromatic N) is 1. The molecule has 2 rings (SSSR count). The molecule has 1 aliphatic heterocycles. The number of nitrogens with one attached hydrogen (secondary N) is 1. The molecule has 1 fully saturated rings. The Labute approximate surface area is 109 Å². The smallest absolute Gasteiger partial charge is 0.269 e. The number of rotatable bonds is 5. The molecule has 0 saturated carbocycles. The topological polar surface area (TPSA) is 90.7 Å². The number of Topliss-reactive ketones (excluding diaryl/α,β-unsaturated/α-hetero) is 1. The lowest BCUT2D eigenvalue weighted by atomic mass is 10.2. The second-order valence-corrected chi connectivity index (χ2v) is 4.07. The van der Waals surface area contributed by atoms with Crippen molar-refractivity contribution in [3.05, 3.63) is 34.4 Å². The Hall–Kier alpha value is -1.99. The number of carbonyl (C=O) groups excluding carboxylic acids is 1. The third-order valence-corrected chi connectivity index (χ3v) is 2.72. The molecule has 1 N–H and O–H groups in total. The summed E-state index contributed by atoms with van der Waals surface area (Å²) in [5.41, 5.74) is -0.0153. The van der Waals surface area contributed by atoms with Crippen molar-refractivity contribution in [3.8, 4) is 5.75 Å². The van der Waals surface area contributed by atoms with E-state index in [1.807, 2.05) is 0 Å². The van der Waals surface area contributed by atoms with Crippen molar-refractivity contribution in [2.24, 2.45) is 0 Å². The van der Waals surface area contributed by atoms with E-state index in [1.54, 1.807) is 0 Å². The molecule has 1 saturated heterocycles. The predicted molar refractivity (Wildman–Crippen MR) is 66.2 cm³/mol. The molecule has 0 aliphatic carbocycles. The van der Waals surface area contributed by atoms with Gasteiger partial charge >= 0.3 is 0 Å². The molecule has 1 heterocycles. The number of morpholine rings is 1. The number of benzene rings is 1. The Morgan fingerprint density at radius 2 is 2.21 bits per heavy atom. The van der Waals surface area contributed by atoms with E-state index in [1.165, 1.54) is 24.3 Å². The van der Waals surface area contributed by atoms with Crippen molar-refractivity contribution in [2.45, 2.75) is 6.10 Å². The zero-order valence-electron chi connectivity index (χ0n) is 10.2. The summed E-state index contributed by atoms with van der Waals surface area (Å²) in [4.78, 5) is 21.7. The van der Waals surface area contributed by atoms with Crippen LogP contribution >= 0.6 is 0 Å². The molecule has 1 aliphatic rings. The van der Waals surface area contributed by atoms with Crippen molar-refractivity contribution < 1.29 is 19.2 Å². The van der Waals surface area contributed by atoms with E-state index in [0.29, 0.717) is 18.9 Å². The zero-order valence-corrected chi connectivity index (χ0v) is 10.2. The predicted octanol–water partition coefficient (Wildman–Crippen LogP) is 0.531. The summed E-state index contributed by atoms with van der Waals surface area (Å²) in [7, 11) is 0. The van der Waals surface area contributed by atoms with E-state index >= 15 is 0 Å². The van der Waals surface area contributed by atoms with Gasteiger partial charge in [-0.1, -0.05) is 0 Å².